The van der Waals surface area contributed by atoms with E-state index >= 15 is 0 Å². The van der Waals surface area contributed by atoms with E-state index in [0.717, 1.165) is 31.6 Å². The summed E-state index contributed by atoms with van der Waals surface area (Å²) in [7, 11) is 0. The van der Waals surface area contributed by atoms with Gasteiger partial charge in [-0.05, 0) is 37.1 Å². The number of ether oxygens (including phenoxy) is 1. The number of morpholine rings is 1. The van der Waals surface area contributed by atoms with Crippen LogP contribution in [0.25, 0.3) is 0 Å². The summed E-state index contributed by atoms with van der Waals surface area (Å²) in [6, 6.07) is 7.50. The number of aliphatic hydroxyl groups is 1. The Bertz CT molecular complexity index is 987. The number of alkyl halides is 2. The highest BCUT2D eigenvalue weighted by molar-refractivity contribution is 6.12. The molecule has 1 amide bonds. The van der Waals surface area contributed by atoms with Gasteiger partial charge in [0.2, 0.25) is 5.91 Å². The standard InChI is InChI=1S/C22H24F2N4O3/c23-19(24)18-17-20(26-16(13-29)25-18)28(21(30)22(17)7-1-2-8-22)15-5-3-14(4-6-15)27-9-11-31-12-10-27/h3-6,19,29H,1-2,7-13H2. The zero-order chi connectivity index (χ0) is 21.6. The molecule has 3 heterocycles. The topological polar surface area (TPSA) is 78.8 Å². The molecule has 0 radical (unpaired) electrons. The van der Waals surface area contributed by atoms with Gasteiger partial charge in [0.25, 0.3) is 6.43 Å². The molecule has 0 unspecified atom stereocenters. The molecule has 1 spiro atoms. The van der Waals surface area contributed by atoms with Gasteiger partial charge in [0.15, 0.2) is 5.82 Å². The highest BCUT2D eigenvalue weighted by Crippen LogP contribution is 2.54. The van der Waals surface area contributed by atoms with Crippen molar-refractivity contribution in [1.29, 1.82) is 0 Å². The summed E-state index contributed by atoms with van der Waals surface area (Å²) < 4.78 is 33.3. The summed E-state index contributed by atoms with van der Waals surface area (Å²) >= 11 is 0. The predicted octanol–water partition coefficient (Wildman–Crippen LogP) is 3.23. The minimum atomic E-state index is -2.85. The molecule has 1 aromatic carbocycles. The molecule has 1 aliphatic carbocycles. The minimum Gasteiger partial charge on any atom is -0.388 e. The first-order chi connectivity index (χ1) is 15.0. The number of fused-ring (bicyclic) bond motifs is 2. The van der Waals surface area contributed by atoms with Crippen molar-refractivity contribution >= 4 is 23.1 Å². The molecule has 2 aromatic rings. The van der Waals surface area contributed by atoms with E-state index in [1.54, 1.807) is 0 Å². The van der Waals surface area contributed by atoms with Crippen LogP contribution in [-0.4, -0.2) is 47.3 Å². The van der Waals surface area contributed by atoms with Crippen LogP contribution in [0.1, 0.15) is 49.2 Å². The lowest BCUT2D eigenvalue weighted by atomic mass is 9.79. The lowest BCUT2D eigenvalue weighted by Gasteiger charge is -2.29. The van der Waals surface area contributed by atoms with E-state index in [0.29, 0.717) is 31.7 Å². The Labute approximate surface area is 178 Å². The fraction of sp³-hybridized carbons (Fsp3) is 0.500. The molecule has 2 fully saturated rings. The Morgan fingerprint density at radius 3 is 2.32 bits per heavy atom. The van der Waals surface area contributed by atoms with E-state index in [9.17, 15) is 18.7 Å². The highest BCUT2D eigenvalue weighted by atomic mass is 19.3. The van der Waals surface area contributed by atoms with Crippen molar-refractivity contribution in [2.24, 2.45) is 0 Å². The molecular formula is C22H24F2N4O3. The summed E-state index contributed by atoms with van der Waals surface area (Å²) in [6.45, 7) is 2.34. The summed E-state index contributed by atoms with van der Waals surface area (Å²) in [5, 5.41) is 9.55. The number of carbonyl (C=O) groups excluding carboxylic acids is 1. The molecule has 1 saturated heterocycles. The maximum absolute atomic E-state index is 14.0. The van der Waals surface area contributed by atoms with Gasteiger partial charge in [-0.2, -0.15) is 0 Å². The molecule has 1 aromatic heterocycles. The average Bonchev–Trinajstić information content (AvgIpc) is 3.38. The van der Waals surface area contributed by atoms with E-state index < -0.39 is 24.1 Å². The number of hydrogen-bond acceptors (Lipinski definition) is 6. The second kappa shape index (κ2) is 7.80. The van der Waals surface area contributed by atoms with Gasteiger partial charge in [0.1, 0.15) is 18.1 Å². The zero-order valence-corrected chi connectivity index (χ0v) is 17.1. The normalized spacial score (nSPS) is 20.2. The van der Waals surface area contributed by atoms with Crippen molar-refractivity contribution in [2.75, 3.05) is 36.1 Å². The first kappa shape index (κ1) is 20.3. The molecule has 7 nitrogen and oxygen atoms in total. The summed E-state index contributed by atoms with van der Waals surface area (Å²) in [5.74, 6) is -0.155. The molecule has 1 N–H and O–H groups in total. The van der Waals surface area contributed by atoms with Crippen LogP contribution in [0.3, 0.4) is 0 Å². The number of anilines is 3. The van der Waals surface area contributed by atoms with Gasteiger partial charge in [-0.1, -0.05) is 12.8 Å². The Hall–Kier alpha value is -2.65. The van der Waals surface area contributed by atoms with Crippen LogP contribution in [0.2, 0.25) is 0 Å². The van der Waals surface area contributed by atoms with E-state index in [-0.39, 0.29) is 23.1 Å². The van der Waals surface area contributed by atoms with Crippen LogP contribution in [-0.2, 0) is 21.6 Å². The second-order valence-electron chi connectivity index (χ2n) is 8.23. The van der Waals surface area contributed by atoms with Crippen molar-refractivity contribution in [3.8, 4) is 0 Å². The van der Waals surface area contributed by atoms with Crippen molar-refractivity contribution < 1.29 is 23.4 Å². The van der Waals surface area contributed by atoms with Crippen molar-refractivity contribution in [3.05, 3.63) is 41.3 Å². The van der Waals surface area contributed by atoms with Gasteiger partial charge in [0, 0.05) is 24.3 Å². The average molecular weight is 430 g/mol. The summed E-state index contributed by atoms with van der Waals surface area (Å²) in [6.07, 6.45) is -0.263. The Balaban J connectivity index is 1.60. The van der Waals surface area contributed by atoms with Gasteiger partial charge < -0.3 is 14.7 Å². The lowest BCUT2D eigenvalue weighted by Crippen LogP contribution is -2.37. The van der Waals surface area contributed by atoms with Crippen molar-refractivity contribution in [1.82, 2.24) is 9.97 Å². The SMILES string of the molecule is O=C1N(c2ccc(N3CCOCC3)cc2)c2nc(CO)nc(C(F)F)c2C12CCCC2. The van der Waals surface area contributed by atoms with Gasteiger partial charge in [-0.15, -0.1) is 0 Å². The number of halogens is 2. The number of aliphatic hydroxyl groups excluding tert-OH is 1. The number of benzene rings is 1. The quantitative estimate of drug-likeness (QED) is 0.803. The number of aromatic nitrogens is 2. The second-order valence-corrected chi connectivity index (χ2v) is 8.23. The predicted molar refractivity (Wildman–Crippen MR) is 110 cm³/mol. The third kappa shape index (κ3) is 3.18. The first-order valence-electron chi connectivity index (χ1n) is 10.6. The lowest BCUT2D eigenvalue weighted by molar-refractivity contribution is -0.122. The largest absolute Gasteiger partial charge is 0.388 e. The zero-order valence-electron chi connectivity index (χ0n) is 17.1. The first-order valence-corrected chi connectivity index (χ1v) is 10.6. The molecule has 164 valence electrons. The highest BCUT2D eigenvalue weighted by Gasteiger charge is 2.56. The molecule has 1 saturated carbocycles. The van der Waals surface area contributed by atoms with Crippen LogP contribution in [0.15, 0.2) is 24.3 Å². The van der Waals surface area contributed by atoms with Crippen LogP contribution >= 0.6 is 0 Å². The van der Waals surface area contributed by atoms with Crippen LogP contribution in [0, 0.1) is 0 Å². The van der Waals surface area contributed by atoms with Gasteiger partial charge in [0.05, 0.1) is 24.3 Å². The van der Waals surface area contributed by atoms with E-state index in [1.165, 1.54) is 4.90 Å². The fourth-order valence-corrected chi connectivity index (χ4v) is 5.10. The van der Waals surface area contributed by atoms with Crippen molar-refractivity contribution in [2.45, 2.75) is 44.1 Å². The Morgan fingerprint density at radius 1 is 1.06 bits per heavy atom. The maximum Gasteiger partial charge on any atom is 0.280 e. The monoisotopic (exact) mass is 430 g/mol. The van der Waals surface area contributed by atoms with E-state index in [1.807, 2.05) is 24.3 Å². The maximum atomic E-state index is 14.0. The third-order valence-electron chi connectivity index (χ3n) is 6.56. The van der Waals surface area contributed by atoms with Gasteiger partial charge in [-0.25, -0.2) is 18.7 Å². The van der Waals surface area contributed by atoms with Crippen molar-refractivity contribution in [3.63, 3.8) is 0 Å². The molecule has 0 atom stereocenters. The molecule has 9 heteroatoms. The number of amides is 1. The summed E-state index contributed by atoms with van der Waals surface area (Å²) in [4.78, 5) is 25.6. The smallest absolute Gasteiger partial charge is 0.280 e. The minimum absolute atomic E-state index is 0.105. The molecule has 2 aliphatic heterocycles. The molecule has 0 bridgehead atoms. The van der Waals surface area contributed by atoms with Crippen LogP contribution in [0.4, 0.5) is 26.0 Å². The van der Waals surface area contributed by atoms with E-state index in [2.05, 4.69) is 14.9 Å². The third-order valence-corrected chi connectivity index (χ3v) is 6.56. The molecule has 5 rings (SSSR count). The number of hydrogen-bond donors (Lipinski definition) is 1. The number of carbonyl (C=O) groups is 1. The number of nitrogens with zero attached hydrogens (tertiary/aromatic N) is 4. The number of rotatable bonds is 4. The van der Waals surface area contributed by atoms with Gasteiger partial charge in [-0.3, -0.25) is 9.69 Å². The van der Waals surface area contributed by atoms with E-state index in [4.69, 9.17) is 4.74 Å². The Morgan fingerprint density at radius 2 is 1.71 bits per heavy atom. The summed E-state index contributed by atoms with van der Waals surface area (Å²) in [5.41, 5.74) is 0.380. The van der Waals surface area contributed by atoms with Crippen LogP contribution in [0.5, 0.6) is 0 Å². The Kier molecular flexibility index (Phi) is 5.10. The fourth-order valence-electron chi connectivity index (χ4n) is 5.10. The molecular weight excluding hydrogens is 406 g/mol. The van der Waals surface area contributed by atoms with Gasteiger partial charge >= 0.3 is 0 Å². The van der Waals surface area contributed by atoms with Crippen LogP contribution < -0.4 is 9.80 Å². The molecule has 3 aliphatic rings. The molecule has 31 heavy (non-hydrogen) atoms.